The SMILES string of the molecule is CCNC(=O)C(C)N1CCC(C(C)N)CC1. The van der Waals surface area contributed by atoms with Crippen molar-refractivity contribution in [1.82, 2.24) is 10.2 Å². The maximum Gasteiger partial charge on any atom is 0.237 e. The number of nitrogens with zero attached hydrogens (tertiary/aromatic N) is 1. The van der Waals surface area contributed by atoms with E-state index in [1.165, 1.54) is 0 Å². The molecule has 2 unspecified atom stereocenters. The summed E-state index contributed by atoms with van der Waals surface area (Å²) in [5.74, 6) is 0.763. The molecule has 2 atom stereocenters. The first-order chi connectivity index (χ1) is 7.56. The normalized spacial score (nSPS) is 22.8. The molecule has 1 amide bonds. The minimum Gasteiger partial charge on any atom is -0.355 e. The van der Waals surface area contributed by atoms with Gasteiger partial charge in [-0.3, -0.25) is 9.69 Å². The lowest BCUT2D eigenvalue weighted by molar-refractivity contribution is -0.126. The Morgan fingerprint density at radius 2 is 2.00 bits per heavy atom. The van der Waals surface area contributed by atoms with Crippen LogP contribution in [0.2, 0.25) is 0 Å². The van der Waals surface area contributed by atoms with Crippen LogP contribution in [0.4, 0.5) is 0 Å². The van der Waals surface area contributed by atoms with Crippen molar-refractivity contribution in [1.29, 1.82) is 0 Å². The van der Waals surface area contributed by atoms with Crippen LogP contribution in [0.15, 0.2) is 0 Å². The molecule has 4 nitrogen and oxygen atoms in total. The summed E-state index contributed by atoms with van der Waals surface area (Å²) in [6.07, 6.45) is 2.23. The molecule has 3 N–H and O–H groups in total. The van der Waals surface area contributed by atoms with Crippen molar-refractivity contribution >= 4 is 5.91 Å². The van der Waals surface area contributed by atoms with Crippen LogP contribution in [0, 0.1) is 5.92 Å². The molecule has 0 aromatic rings. The molecule has 1 rings (SSSR count). The number of hydrogen-bond donors (Lipinski definition) is 2. The maximum absolute atomic E-state index is 11.7. The van der Waals surface area contributed by atoms with Gasteiger partial charge in [0.15, 0.2) is 0 Å². The summed E-state index contributed by atoms with van der Waals surface area (Å²) in [6.45, 7) is 8.70. The summed E-state index contributed by atoms with van der Waals surface area (Å²) >= 11 is 0. The zero-order chi connectivity index (χ0) is 12.1. The average Bonchev–Trinajstić information content (AvgIpc) is 2.28. The van der Waals surface area contributed by atoms with Crippen molar-refractivity contribution in [3.05, 3.63) is 0 Å². The van der Waals surface area contributed by atoms with Gasteiger partial charge >= 0.3 is 0 Å². The number of likely N-dealkylation sites (tertiary alicyclic amines) is 1. The van der Waals surface area contributed by atoms with Crippen LogP contribution in [-0.4, -0.2) is 42.5 Å². The van der Waals surface area contributed by atoms with Crippen molar-refractivity contribution in [2.75, 3.05) is 19.6 Å². The van der Waals surface area contributed by atoms with Gasteiger partial charge in [0.2, 0.25) is 5.91 Å². The van der Waals surface area contributed by atoms with Crippen molar-refractivity contribution in [2.24, 2.45) is 11.7 Å². The molecule has 0 radical (unpaired) electrons. The number of nitrogens with one attached hydrogen (secondary N) is 1. The lowest BCUT2D eigenvalue weighted by Gasteiger charge is -2.36. The lowest BCUT2D eigenvalue weighted by atomic mass is 9.90. The van der Waals surface area contributed by atoms with Gasteiger partial charge in [-0.2, -0.15) is 0 Å². The van der Waals surface area contributed by atoms with Crippen molar-refractivity contribution < 1.29 is 4.79 Å². The number of piperidine rings is 1. The van der Waals surface area contributed by atoms with Gasteiger partial charge in [0.25, 0.3) is 0 Å². The highest BCUT2D eigenvalue weighted by Crippen LogP contribution is 2.20. The molecule has 1 saturated heterocycles. The fourth-order valence-corrected chi connectivity index (χ4v) is 2.32. The van der Waals surface area contributed by atoms with Gasteiger partial charge in [0, 0.05) is 12.6 Å². The number of likely N-dealkylation sites (N-methyl/N-ethyl adjacent to an activating group) is 1. The van der Waals surface area contributed by atoms with Gasteiger partial charge in [0.05, 0.1) is 6.04 Å². The Balaban J connectivity index is 2.38. The molecule has 1 fully saturated rings. The third-order valence-electron chi connectivity index (χ3n) is 3.60. The molecule has 0 saturated carbocycles. The molecule has 16 heavy (non-hydrogen) atoms. The Labute approximate surface area is 98.6 Å². The minimum absolute atomic E-state index is 0.00557. The fraction of sp³-hybridized carbons (Fsp3) is 0.917. The third-order valence-corrected chi connectivity index (χ3v) is 3.60. The zero-order valence-electron chi connectivity index (χ0n) is 10.7. The molecule has 0 aromatic heterocycles. The highest BCUT2D eigenvalue weighted by molar-refractivity contribution is 5.81. The second-order valence-electron chi connectivity index (χ2n) is 4.80. The molecular weight excluding hydrogens is 202 g/mol. The number of hydrogen-bond acceptors (Lipinski definition) is 3. The third kappa shape index (κ3) is 3.46. The molecule has 94 valence electrons. The predicted octanol–water partition coefficient (Wildman–Crippen LogP) is 0.570. The van der Waals surface area contributed by atoms with Crippen LogP contribution in [0.3, 0.4) is 0 Å². The molecule has 1 aliphatic heterocycles. The van der Waals surface area contributed by atoms with E-state index in [0.29, 0.717) is 12.5 Å². The molecule has 1 heterocycles. The lowest BCUT2D eigenvalue weighted by Crippen LogP contribution is -2.49. The minimum atomic E-state index is -0.00557. The second-order valence-corrected chi connectivity index (χ2v) is 4.80. The molecule has 1 aliphatic rings. The highest BCUT2D eigenvalue weighted by Gasteiger charge is 2.27. The Morgan fingerprint density at radius 3 is 2.44 bits per heavy atom. The summed E-state index contributed by atoms with van der Waals surface area (Å²) in [5, 5.41) is 2.87. The summed E-state index contributed by atoms with van der Waals surface area (Å²) < 4.78 is 0. The Hall–Kier alpha value is -0.610. The number of nitrogens with two attached hydrogens (primary N) is 1. The smallest absolute Gasteiger partial charge is 0.237 e. The summed E-state index contributed by atoms with van der Waals surface area (Å²) in [4.78, 5) is 13.9. The largest absolute Gasteiger partial charge is 0.355 e. The van der Waals surface area contributed by atoms with Crippen LogP contribution in [-0.2, 0) is 4.79 Å². The van der Waals surface area contributed by atoms with E-state index >= 15 is 0 Å². The van der Waals surface area contributed by atoms with E-state index in [1.54, 1.807) is 0 Å². The molecule has 0 aliphatic carbocycles. The van der Waals surface area contributed by atoms with Crippen LogP contribution in [0.1, 0.15) is 33.6 Å². The Bertz CT molecular complexity index is 222. The standard InChI is InChI=1S/C12H25N3O/c1-4-14-12(16)10(3)15-7-5-11(6-8-15)9(2)13/h9-11H,4-8,13H2,1-3H3,(H,14,16). The van der Waals surface area contributed by atoms with E-state index in [0.717, 1.165) is 25.9 Å². The molecule has 0 aromatic carbocycles. The summed E-state index contributed by atoms with van der Waals surface area (Å²) in [5.41, 5.74) is 5.90. The monoisotopic (exact) mass is 227 g/mol. The second kappa shape index (κ2) is 6.21. The molecule has 4 heteroatoms. The Kier molecular flexibility index (Phi) is 5.22. The van der Waals surface area contributed by atoms with Crippen molar-refractivity contribution in [3.8, 4) is 0 Å². The number of carbonyl (C=O) groups is 1. The van der Waals surface area contributed by atoms with E-state index in [2.05, 4.69) is 17.1 Å². The molecular formula is C12H25N3O. The van der Waals surface area contributed by atoms with E-state index in [9.17, 15) is 4.79 Å². The van der Waals surface area contributed by atoms with Gasteiger partial charge in [-0.25, -0.2) is 0 Å². The van der Waals surface area contributed by atoms with Gasteiger partial charge < -0.3 is 11.1 Å². The first-order valence-corrected chi connectivity index (χ1v) is 6.33. The average molecular weight is 227 g/mol. The van der Waals surface area contributed by atoms with Crippen LogP contribution >= 0.6 is 0 Å². The topological polar surface area (TPSA) is 58.4 Å². The zero-order valence-corrected chi connectivity index (χ0v) is 10.7. The molecule has 0 bridgehead atoms. The van der Waals surface area contributed by atoms with E-state index in [4.69, 9.17) is 5.73 Å². The fourth-order valence-electron chi connectivity index (χ4n) is 2.32. The van der Waals surface area contributed by atoms with Crippen molar-refractivity contribution in [2.45, 2.75) is 45.7 Å². The van der Waals surface area contributed by atoms with E-state index in [-0.39, 0.29) is 18.0 Å². The summed E-state index contributed by atoms with van der Waals surface area (Å²) in [7, 11) is 0. The van der Waals surface area contributed by atoms with Gasteiger partial charge in [-0.1, -0.05) is 0 Å². The number of amides is 1. The van der Waals surface area contributed by atoms with E-state index < -0.39 is 0 Å². The first-order valence-electron chi connectivity index (χ1n) is 6.33. The summed E-state index contributed by atoms with van der Waals surface area (Å²) in [6, 6.07) is 0.274. The maximum atomic E-state index is 11.7. The van der Waals surface area contributed by atoms with Crippen molar-refractivity contribution in [3.63, 3.8) is 0 Å². The van der Waals surface area contributed by atoms with Gasteiger partial charge in [-0.05, 0) is 52.6 Å². The first kappa shape index (κ1) is 13.5. The van der Waals surface area contributed by atoms with Crippen LogP contribution < -0.4 is 11.1 Å². The van der Waals surface area contributed by atoms with Crippen LogP contribution in [0.25, 0.3) is 0 Å². The van der Waals surface area contributed by atoms with E-state index in [1.807, 2.05) is 13.8 Å². The van der Waals surface area contributed by atoms with Gasteiger partial charge in [0.1, 0.15) is 0 Å². The number of carbonyl (C=O) groups excluding carboxylic acids is 1. The van der Waals surface area contributed by atoms with Gasteiger partial charge in [-0.15, -0.1) is 0 Å². The molecule has 0 spiro atoms. The quantitative estimate of drug-likeness (QED) is 0.738. The van der Waals surface area contributed by atoms with Crippen LogP contribution in [0.5, 0.6) is 0 Å². The number of rotatable bonds is 4. The highest BCUT2D eigenvalue weighted by atomic mass is 16.2. The Morgan fingerprint density at radius 1 is 1.44 bits per heavy atom. The predicted molar refractivity (Wildman–Crippen MR) is 66.1 cm³/mol.